The van der Waals surface area contributed by atoms with Crippen molar-refractivity contribution in [1.29, 1.82) is 0 Å². The normalized spacial score (nSPS) is 19.3. The van der Waals surface area contributed by atoms with Gasteiger partial charge >= 0.3 is 5.97 Å². The molecule has 26 heavy (non-hydrogen) atoms. The van der Waals surface area contributed by atoms with Gasteiger partial charge in [-0.2, -0.15) is 4.98 Å². The van der Waals surface area contributed by atoms with Gasteiger partial charge in [0.05, 0.1) is 18.6 Å². The zero-order chi connectivity index (χ0) is 18.7. The standard InChI is InChI=1S/C19H24FN3O3/c1-4-25-19(24)15-6-5-9-23(11-15)13(3)18-21-17(22-26-18)14-8-7-12(2)16(20)10-14/h7-8,10,13,15H,4-6,9,11H2,1-3H3. The van der Waals surface area contributed by atoms with Gasteiger partial charge in [0, 0.05) is 12.1 Å². The molecule has 0 saturated carbocycles. The van der Waals surface area contributed by atoms with E-state index in [9.17, 15) is 9.18 Å². The molecule has 6 nitrogen and oxygen atoms in total. The fraction of sp³-hybridized carbons (Fsp3) is 0.526. The van der Waals surface area contributed by atoms with E-state index in [1.165, 1.54) is 6.07 Å². The molecule has 0 N–H and O–H groups in total. The second-order valence-electron chi connectivity index (χ2n) is 6.68. The minimum Gasteiger partial charge on any atom is -0.466 e. The van der Waals surface area contributed by atoms with Crippen molar-refractivity contribution in [1.82, 2.24) is 15.0 Å². The molecule has 0 aliphatic carbocycles. The number of aryl methyl sites for hydroxylation is 1. The van der Waals surface area contributed by atoms with Crippen LogP contribution in [-0.2, 0) is 9.53 Å². The van der Waals surface area contributed by atoms with Crippen molar-refractivity contribution in [2.75, 3.05) is 19.7 Å². The molecule has 140 valence electrons. The highest BCUT2D eigenvalue weighted by atomic mass is 19.1. The zero-order valence-corrected chi connectivity index (χ0v) is 15.4. The summed E-state index contributed by atoms with van der Waals surface area (Å²) in [6, 6.07) is 4.75. The van der Waals surface area contributed by atoms with E-state index in [-0.39, 0.29) is 23.7 Å². The average Bonchev–Trinajstić information content (AvgIpc) is 3.14. The van der Waals surface area contributed by atoms with Gasteiger partial charge in [0.1, 0.15) is 5.82 Å². The minimum atomic E-state index is -0.296. The predicted molar refractivity (Wildman–Crippen MR) is 93.8 cm³/mol. The van der Waals surface area contributed by atoms with E-state index < -0.39 is 0 Å². The number of aromatic nitrogens is 2. The Labute approximate surface area is 152 Å². The first-order valence-electron chi connectivity index (χ1n) is 9.00. The molecule has 1 aromatic heterocycles. The molecule has 1 aromatic carbocycles. The number of likely N-dealkylation sites (tertiary alicyclic amines) is 1. The van der Waals surface area contributed by atoms with E-state index in [0.717, 1.165) is 19.4 Å². The maximum Gasteiger partial charge on any atom is 0.310 e. The maximum atomic E-state index is 13.8. The molecule has 0 amide bonds. The van der Waals surface area contributed by atoms with Gasteiger partial charge in [-0.15, -0.1) is 0 Å². The highest BCUT2D eigenvalue weighted by molar-refractivity contribution is 5.72. The molecule has 3 rings (SSSR count). The van der Waals surface area contributed by atoms with Crippen LogP contribution in [0.15, 0.2) is 22.7 Å². The Morgan fingerprint density at radius 2 is 2.31 bits per heavy atom. The highest BCUT2D eigenvalue weighted by Gasteiger charge is 2.31. The molecule has 0 spiro atoms. The lowest BCUT2D eigenvalue weighted by Gasteiger charge is -2.34. The third kappa shape index (κ3) is 3.93. The zero-order valence-electron chi connectivity index (χ0n) is 15.4. The molecule has 2 heterocycles. The molecule has 1 aliphatic heterocycles. The lowest BCUT2D eigenvalue weighted by molar-refractivity contribution is -0.150. The summed E-state index contributed by atoms with van der Waals surface area (Å²) in [5.74, 6) is 0.260. The summed E-state index contributed by atoms with van der Waals surface area (Å²) in [6.45, 7) is 7.35. The van der Waals surface area contributed by atoms with Gasteiger partial charge in [0.25, 0.3) is 0 Å². The van der Waals surface area contributed by atoms with Crippen molar-refractivity contribution < 1.29 is 18.4 Å². The van der Waals surface area contributed by atoms with Crippen LogP contribution in [-0.4, -0.2) is 40.7 Å². The van der Waals surface area contributed by atoms with Gasteiger partial charge < -0.3 is 9.26 Å². The van der Waals surface area contributed by atoms with Gasteiger partial charge in [-0.1, -0.05) is 17.3 Å². The molecular formula is C19H24FN3O3. The summed E-state index contributed by atoms with van der Waals surface area (Å²) < 4.78 is 24.3. The Morgan fingerprint density at radius 3 is 3.04 bits per heavy atom. The van der Waals surface area contributed by atoms with Crippen molar-refractivity contribution in [3.63, 3.8) is 0 Å². The van der Waals surface area contributed by atoms with Crippen LogP contribution in [0.25, 0.3) is 11.4 Å². The van der Waals surface area contributed by atoms with Crippen molar-refractivity contribution in [3.05, 3.63) is 35.5 Å². The number of hydrogen-bond donors (Lipinski definition) is 0. The van der Waals surface area contributed by atoms with Gasteiger partial charge in [-0.3, -0.25) is 9.69 Å². The number of benzene rings is 1. The number of carbonyl (C=O) groups is 1. The number of halogens is 1. The Hall–Kier alpha value is -2.28. The Bertz CT molecular complexity index is 777. The summed E-state index contributed by atoms with van der Waals surface area (Å²) in [4.78, 5) is 18.6. The molecule has 0 bridgehead atoms. The number of carbonyl (C=O) groups excluding carboxylic acids is 1. The van der Waals surface area contributed by atoms with Crippen LogP contribution in [0.5, 0.6) is 0 Å². The van der Waals surface area contributed by atoms with Crippen LogP contribution in [0.2, 0.25) is 0 Å². The number of hydrogen-bond acceptors (Lipinski definition) is 6. The molecule has 2 aromatic rings. The summed E-state index contributed by atoms with van der Waals surface area (Å²) in [6.07, 6.45) is 1.75. The van der Waals surface area contributed by atoms with Crippen LogP contribution in [0.4, 0.5) is 4.39 Å². The summed E-state index contributed by atoms with van der Waals surface area (Å²) in [5.41, 5.74) is 1.16. The van der Waals surface area contributed by atoms with Gasteiger partial charge in [-0.05, 0) is 51.8 Å². The quantitative estimate of drug-likeness (QED) is 0.759. The van der Waals surface area contributed by atoms with Crippen LogP contribution in [0, 0.1) is 18.7 Å². The first-order valence-corrected chi connectivity index (χ1v) is 9.00. The largest absolute Gasteiger partial charge is 0.466 e. The van der Waals surface area contributed by atoms with Gasteiger partial charge in [-0.25, -0.2) is 4.39 Å². The Balaban J connectivity index is 1.72. The fourth-order valence-corrected chi connectivity index (χ4v) is 3.22. The van der Waals surface area contributed by atoms with Crippen molar-refractivity contribution in [2.45, 2.75) is 39.7 Å². The molecule has 1 aliphatic rings. The number of nitrogens with zero attached hydrogens (tertiary/aromatic N) is 3. The second kappa shape index (κ2) is 7.95. The first-order chi connectivity index (χ1) is 12.5. The second-order valence-corrected chi connectivity index (χ2v) is 6.68. The van der Waals surface area contributed by atoms with Crippen LogP contribution in [0.3, 0.4) is 0 Å². The Kier molecular flexibility index (Phi) is 5.66. The summed E-state index contributed by atoms with van der Waals surface area (Å²) in [7, 11) is 0. The monoisotopic (exact) mass is 361 g/mol. The highest BCUT2D eigenvalue weighted by Crippen LogP contribution is 2.28. The lowest BCUT2D eigenvalue weighted by Crippen LogP contribution is -2.40. The maximum absolute atomic E-state index is 13.8. The molecular weight excluding hydrogens is 337 g/mol. The first kappa shape index (κ1) is 18.5. The minimum absolute atomic E-state index is 0.122. The molecule has 1 fully saturated rings. The predicted octanol–water partition coefficient (Wildman–Crippen LogP) is 3.52. The fourth-order valence-electron chi connectivity index (χ4n) is 3.22. The van der Waals surface area contributed by atoms with Crippen molar-refractivity contribution >= 4 is 5.97 Å². The summed E-state index contributed by atoms with van der Waals surface area (Å²) >= 11 is 0. The Morgan fingerprint density at radius 1 is 1.50 bits per heavy atom. The van der Waals surface area contributed by atoms with E-state index in [0.29, 0.717) is 36.0 Å². The number of ether oxygens (including phenoxy) is 1. The topological polar surface area (TPSA) is 68.5 Å². The third-order valence-corrected chi connectivity index (χ3v) is 4.85. The van der Waals surface area contributed by atoms with Crippen LogP contribution < -0.4 is 0 Å². The van der Waals surface area contributed by atoms with E-state index in [1.807, 2.05) is 13.8 Å². The van der Waals surface area contributed by atoms with Gasteiger partial charge in [0.15, 0.2) is 0 Å². The molecule has 0 radical (unpaired) electrons. The lowest BCUT2D eigenvalue weighted by atomic mass is 9.97. The molecule has 2 unspecified atom stereocenters. The van der Waals surface area contributed by atoms with E-state index in [1.54, 1.807) is 19.1 Å². The SMILES string of the molecule is CCOC(=O)C1CCCN(C(C)c2nc(-c3ccc(C)c(F)c3)no2)C1. The van der Waals surface area contributed by atoms with E-state index in [2.05, 4.69) is 15.0 Å². The smallest absolute Gasteiger partial charge is 0.310 e. The molecule has 2 atom stereocenters. The van der Waals surface area contributed by atoms with Crippen molar-refractivity contribution in [3.8, 4) is 11.4 Å². The molecule has 1 saturated heterocycles. The van der Waals surface area contributed by atoms with Crippen molar-refractivity contribution in [2.24, 2.45) is 5.92 Å². The van der Waals surface area contributed by atoms with Crippen LogP contribution >= 0.6 is 0 Å². The van der Waals surface area contributed by atoms with Crippen LogP contribution in [0.1, 0.15) is 44.2 Å². The molecule has 7 heteroatoms. The third-order valence-electron chi connectivity index (χ3n) is 4.85. The average molecular weight is 361 g/mol. The van der Waals surface area contributed by atoms with E-state index in [4.69, 9.17) is 9.26 Å². The number of rotatable bonds is 5. The van der Waals surface area contributed by atoms with Gasteiger partial charge in [0.2, 0.25) is 11.7 Å². The van der Waals surface area contributed by atoms with E-state index >= 15 is 0 Å². The number of esters is 1. The summed E-state index contributed by atoms with van der Waals surface area (Å²) in [5, 5.41) is 3.99. The number of piperidine rings is 1.